The highest BCUT2D eigenvalue weighted by Crippen LogP contribution is 2.36. The van der Waals surface area contributed by atoms with Gasteiger partial charge in [-0.25, -0.2) is 4.57 Å². The quantitative estimate of drug-likeness (QED) is 0.0684. The van der Waals surface area contributed by atoms with Gasteiger partial charge in [0.2, 0.25) is 0 Å². The summed E-state index contributed by atoms with van der Waals surface area (Å²) in [5.41, 5.74) is 0. The van der Waals surface area contributed by atoms with Crippen LogP contribution in [0, 0.1) is 17.2 Å². The van der Waals surface area contributed by atoms with Crippen molar-refractivity contribution in [2.45, 2.75) is 129 Å². The number of phosphoric acid groups is 1. The molecule has 0 rings (SSSR count). The van der Waals surface area contributed by atoms with E-state index in [1.165, 1.54) is 96.3 Å². The maximum Gasteiger partial charge on any atom is 0.469 e. The molecule has 2 N–H and O–H groups in total. The number of rotatable bonds is 26. The van der Waals surface area contributed by atoms with E-state index in [2.05, 4.69) is 13.0 Å². The molecule has 0 heterocycles. The molecule has 7 nitrogen and oxygen atoms in total. The third-order valence-corrected chi connectivity index (χ3v) is 7.50. The smallest absolute Gasteiger partial charge is 0.381 e. The summed E-state index contributed by atoms with van der Waals surface area (Å²) >= 11 is 0. The molecule has 8 heteroatoms. The second-order valence-electron chi connectivity index (χ2n) is 11.4. The Morgan fingerprint density at radius 3 is 1.61 bits per heavy atom. The van der Waals surface area contributed by atoms with Crippen LogP contribution in [-0.4, -0.2) is 61.3 Å². The zero-order valence-electron chi connectivity index (χ0n) is 24.0. The van der Waals surface area contributed by atoms with E-state index in [1.54, 1.807) is 0 Å². The molecular weight excluding hydrogens is 475 g/mol. The summed E-state index contributed by atoms with van der Waals surface area (Å²) in [5, 5.41) is 9.20. The molecule has 0 radical (unpaired) electrons. The van der Waals surface area contributed by atoms with Gasteiger partial charge < -0.3 is 19.0 Å². The van der Waals surface area contributed by atoms with Crippen LogP contribution in [0.15, 0.2) is 0 Å². The third-order valence-electron chi connectivity index (χ3n) is 7.01. The maximum absolute atomic E-state index is 11.1. The summed E-state index contributed by atoms with van der Waals surface area (Å²) in [4.78, 5) is 18.1. The number of quaternary nitrogens is 1. The minimum Gasteiger partial charge on any atom is -0.381 e. The number of nitriles is 1. The first-order valence-electron chi connectivity index (χ1n) is 14.6. The molecule has 0 aliphatic rings. The SMILES string of the molecule is CCCCCCCCCCCCCCCCCCOCC(CC#N)CC(COP(=O)(O)O)[N+](C)(C)C. The maximum atomic E-state index is 11.1. The molecule has 0 saturated carbocycles. The zero-order chi connectivity index (χ0) is 27.1. The van der Waals surface area contributed by atoms with E-state index < -0.39 is 7.82 Å². The van der Waals surface area contributed by atoms with Crippen molar-refractivity contribution in [2.24, 2.45) is 5.92 Å². The Bertz CT molecular complexity index is 585. The van der Waals surface area contributed by atoms with Crippen LogP contribution < -0.4 is 0 Å². The number of phosphoric ester groups is 1. The monoisotopic (exact) mass is 533 g/mol. The fourth-order valence-corrected chi connectivity index (χ4v) is 4.88. The standard InChI is InChI=1S/C28H57N2O5P/c1-5-6-7-8-9-10-11-12-13-14-15-16-17-18-19-20-23-34-25-27(21-22-29)24-28(30(2,3)4)26-35-36(31,32)33/h27-28H,5-21,23-26H2,1-4H3,(H-,31,32,33)/p+1. The normalized spacial score (nSPS) is 14.0. The van der Waals surface area contributed by atoms with Crippen molar-refractivity contribution in [3.05, 3.63) is 0 Å². The molecule has 0 aliphatic heterocycles. The fraction of sp³-hybridized carbons (Fsp3) is 0.964. The largest absolute Gasteiger partial charge is 0.469 e. The van der Waals surface area contributed by atoms with E-state index in [4.69, 9.17) is 19.0 Å². The molecule has 0 amide bonds. The fourth-order valence-electron chi connectivity index (χ4n) is 4.52. The highest BCUT2D eigenvalue weighted by atomic mass is 31.2. The Hall–Kier alpha value is -0.480. The number of likely N-dealkylation sites (N-methyl/N-ethyl adjacent to an activating group) is 1. The summed E-state index contributed by atoms with van der Waals surface area (Å²) in [7, 11) is 1.39. The molecule has 0 aromatic rings. The summed E-state index contributed by atoms with van der Waals surface area (Å²) in [6, 6.07) is 2.09. The number of hydrogen-bond donors (Lipinski definition) is 2. The minimum absolute atomic E-state index is 0.0266. The Morgan fingerprint density at radius 1 is 0.778 bits per heavy atom. The Kier molecular flexibility index (Phi) is 22.2. The highest BCUT2D eigenvalue weighted by molar-refractivity contribution is 7.46. The van der Waals surface area contributed by atoms with Crippen LogP contribution in [0.3, 0.4) is 0 Å². The van der Waals surface area contributed by atoms with Crippen molar-refractivity contribution in [3.63, 3.8) is 0 Å². The van der Waals surface area contributed by atoms with Gasteiger partial charge in [-0.15, -0.1) is 0 Å². The number of nitrogens with zero attached hydrogens (tertiary/aromatic N) is 2. The van der Waals surface area contributed by atoms with Crippen molar-refractivity contribution in [1.82, 2.24) is 0 Å². The molecule has 0 aromatic carbocycles. The summed E-state index contributed by atoms with van der Waals surface area (Å²) in [5.74, 6) is 0.0266. The van der Waals surface area contributed by atoms with Gasteiger partial charge in [-0.1, -0.05) is 103 Å². The van der Waals surface area contributed by atoms with E-state index in [-0.39, 0.29) is 18.6 Å². The second-order valence-corrected chi connectivity index (χ2v) is 12.6. The van der Waals surface area contributed by atoms with Crippen molar-refractivity contribution in [3.8, 4) is 6.07 Å². The highest BCUT2D eigenvalue weighted by Gasteiger charge is 2.30. The van der Waals surface area contributed by atoms with Crippen molar-refractivity contribution in [1.29, 1.82) is 5.26 Å². The molecule has 2 atom stereocenters. The predicted molar refractivity (Wildman–Crippen MR) is 149 cm³/mol. The van der Waals surface area contributed by atoms with Crippen LogP contribution in [0.25, 0.3) is 0 Å². The molecule has 0 bridgehead atoms. The zero-order valence-corrected chi connectivity index (χ0v) is 24.9. The lowest BCUT2D eigenvalue weighted by molar-refractivity contribution is -0.897. The topological polar surface area (TPSA) is 99.8 Å². The Morgan fingerprint density at radius 2 is 1.22 bits per heavy atom. The van der Waals surface area contributed by atoms with Gasteiger partial charge in [0.1, 0.15) is 12.6 Å². The van der Waals surface area contributed by atoms with Crippen molar-refractivity contribution >= 4 is 7.82 Å². The minimum atomic E-state index is -4.51. The summed E-state index contributed by atoms with van der Waals surface area (Å²) in [6.45, 7) is 3.43. The second kappa shape index (κ2) is 22.5. The van der Waals surface area contributed by atoms with Gasteiger partial charge in [0.15, 0.2) is 0 Å². The first kappa shape index (κ1) is 35.5. The summed E-state index contributed by atoms with van der Waals surface area (Å²) in [6.07, 6.45) is 22.5. The van der Waals surface area contributed by atoms with E-state index in [9.17, 15) is 9.83 Å². The lowest BCUT2D eigenvalue weighted by Crippen LogP contribution is -2.48. The predicted octanol–water partition coefficient (Wildman–Crippen LogP) is 7.37. The van der Waals surface area contributed by atoms with Gasteiger partial charge in [0, 0.05) is 25.4 Å². The number of hydrogen-bond acceptors (Lipinski definition) is 4. The molecule has 0 fully saturated rings. The first-order chi connectivity index (χ1) is 17.1. The van der Waals surface area contributed by atoms with Crippen LogP contribution in [0.4, 0.5) is 0 Å². The molecule has 214 valence electrons. The average molecular weight is 534 g/mol. The number of unbranched alkanes of at least 4 members (excludes halogenated alkanes) is 15. The Labute approximate surface area is 222 Å². The van der Waals surface area contributed by atoms with Crippen molar-refractivity contribution < 1.29 is 28.1 Å². The third kappa shape index (κ3) is 23.9. The molecule has 0 spiro atoms. The molecular formula is C28H58N2O5P+. The van der Waals surface area contributed by atoms with Crippen LogP contribution >= 0.6 is 7.82 Å². The van der Waals surface area contributed by atoms with Gasteiger partial charge in [0.05, 0.1) is 33.8 Å². The van der Waals surface area contributed by atoms with Crippen LogP contribution in [0.5, 0.6) is 0 Å². The lowest BCUT2D eigenvalue weighted by atomic mass is 9.96. The van der Waals surface area contributed by atoms with Crippen LogP contribution in [-0.2, 0) is 13.8 Å². The molecule has 2 unspecified atom stereocenters. The van der Waals surface area contributed by atoms with Gasteiger partial charge in [-0.2, -0.15) is 5.26 Å². The molecule has 36 heavy (non-hydrogen) atoms. The van der Waals surface area contributed by atoms with E-state index in [1.807, 2.05) is 21.1 Å². The summed E-state index contributed by atoms with van der Waals surface area (Å²) < 4.78 is 22.3. The van der Waals surface area contributed by atoms with E-state index >= 15 is 0 Å². The van der Waals surface area contributed by atoms with E-state index in [0.717, 1.165) is 6.42 Å². The van der Waals surface area contributed by atoms with Crippen LogP contribution in [0.1, 0.15) is 122 Å². The van der Waals surface area contributed by atoms with E-state index in [0.29, 0.717) is 30.5 Å². The van der Waals surface area contributed by atoms with Gasteiger partial charge in [0.25, 0.3) is 0 Å². The Balaban J connectivity index is 3.78. The van der Waals surface area contributed by atoms with Gasteiger partial charge in [-0.3, -0.25) is 4.52 Å². The average Bonchev–Trinajstić information content (AvgIpc) is 2.79. The molecule has 0 saturated heterocycles. The van der Waals surface area contributed by atoms with Gasteiger partial charge in [-0.05, 0) is 6.42 Å². The lowest BCUT2D eigenvalue weighted by Gasteiger charge is -2.35. The first-order valence-corrected chi connectivity index (χ1v) is 16.1. The molecule has 0 aromatic heterocycles. The molecule has 0 aliphatic carbocycles. The number of ether oxygens (including phenoxy) is 1. The van der Waals surface area contributed by atoms with Gasteiger partial charge >= 0.3 is 7.82 Å². The van der Waals surface area contributed by atoms with Crippen LogP contribution in [0.2, 0.25) is 0 Å². The van der Waals surface area contributed by atoms with Crippen molar-refractivity contribution in [2.75, 3.05) is 41.0 Å².